The molecule has 4 heteroatoms. The summed E-state index contributed by atoms with van der Waals surface area (Å²) in [5.74, 6) is 1.95. The van der Waals surface area contributed by atoms with Gasteiger partial charge in [0.25, 0.3) is 0 Å². The zero-order chi connectivity index (χ0) is 18.6. The Bertz CT molecular complexity index is 726. The van der Waals surface area contributed by atoms with Crippen molar-refractivity contribution < 1.29 is 9.21 Å². The second-order valence-electron chi connectivity index (χ2n) is 7.72. The van der Waals surface area contributed by atoms with Crippen LogP contribution in [0.2, 0.25) is 0 Å². The number of para-hydroxylation sites is 1. The van der Waals surface area contributed by atoms with E-state index in [4.69, 9.17) is 4.42 Å². The van der Waals surface area contributed by atoms with Crippen molar-refractivity contribution in [2.45, 2.75) is 72.1 Å². The fourth-order valence-electron chi connectivity index (χ4n) is 2.68. The first-order valence-electron chi connectivity index (χ1n) is 9.08. The second kappa shape index (κ2) is 7.85. The van der Waals surface area contributed by atoms with Gasteiger partial charge in [-0.3, -0.25) is 4.79 Å². The number of hydrogen-bond donors (Lipinski definition) is 1. The summed E-state index contributed by atoms with van der Waals surface area (Å²) in [6.07, 6.45) is 1.99. The lowest BCUT2D eigenvalue weighted by molar-refractivity contribution is -0.116. The normalized spacial score (nSPS) is 12.9. The van der Waals surface area contributed by atoms with Crippen LogP contribution < -0.4 is 5.32 Å². The molecule has 0 saturated heterocycles. The first kappa shape index (κ1) is 19.2. The smallest absolute Gasteiger partial charge is 0.224 e. The highest BCUT2D eigenvalue weighted by Gasteiger charge is 2.22. The average molecular weight is 342 g/mol. The van der Waals surface area contributed by atoms with Crippen LogP contribution in [-0.2, 0) is 16.6 Å². The predicted octanol–water partition coefficient (Wildman–Crippen LogP) is 5.37. The van der Waals surface area contributed by atoms with Gasteiger partial charge in [-0.2, -0.15) is 0 Å². The molecular weight excluding hydrogens is 312 g/mol. The van der Waals surface area contributed by atoms with Crippen molar-refractivity contribution >= 4 is 11.6 Å². The first-order valence-corrected chi connectivity index (χ1v) is 9.08. The molecule has 0 spiro atoms. The maximum Gasteiger partial charge on any atom is 0.224 e. The fourth-order valence-corrected chi connectivity index (χ4v) is 2.68. The third-order valence-electron chi connectivity index (χ3n) is 4.49. The Hall–Kier alpha value is -2.10. The van der Waals surface area contributed by atoms with Crippen molar-refractivity contribution in [3.63, 3.8) is 0 Å². The second-order valence-corrected chi connectivity index (χ2v) is 7.72. The molecule has 2 aromatic rings. The van der Waals surface area contributed by atoms with E-state index in [0.29, 0.717) is 18.8 Å². The van der Waals surface area contributed by atoms with E-state index in [9.17, 15) is 4.79 Å². The van der Waals surface area contributed by atoms with Crippen LogP contribution in [0.15, 0.2) is 28.7 Å². The number of aromatic nitrogens is 1. The van der Waals surface area contributed by atoms with E-state index in [1.807, 2.05) is 25.1 Å². The van der Waals surface area contributed by atoms with Gasteiger partial charge in [0.15, 0.2) is 5.89 Å². The Morgan fingerprint density at radius 1 is 1.28 bits per heavy atom. The molecule has 0 fully saturated rings. The highest BCUT2D eigenvalue weighted by molar-refractivity contribution is 5.91. The van der Waals surface area contributed by atoms with Crippen molar-refractivity contribution in [3.8, 4) is 0 Å². The molecule has 1 heterocycles. The molecule has 4 nitrogen and oxygen atoms in total. The fraction of sp³-hybridized carbons (Fsp3) is 0.524. The van der Waals surface area contributed by atoms with Crippen molar-refractivity contribution in [2.75, 3.05) is 5.32 Å². The van der Waals surface area contributed by atoms with Crippen LogP contribution in [0.5, 0.6) is 0 Å². The van der Waals surface area contributed by atoms with Crippen LogP contribution >= 0.6 is 0 Å². The highest BCUT2D eigenvalue weighted by Crippen LogP contribution is 2.27. The predicted molar refractivity (Wildman–Crippen MR) is 102 cm³/mol. The van der Waals surface area contributed by atoms with Gasteiger partial charge in [0.1, 0.15) is 5.76 Å². The minimum absolute atomic E-state index is 0.00358. The summed E-state index contributed by atoms with van der Waals surface area (Å²) in [4.78, 5) is 16.9. The Kier molecular flexibility index (Phi) is 6.04. The number of oxazole rings is 1. The van der Waals surface area contributed by atoms with Gasteiger partial charge >= 0.3 is 0 Å². The molecule has 1 N–H and O–H groups in total. The number of benzene rings is 1. The van der Waals surface area contributed by atoms with Crippen LogP contribution in [0, 0.1) is 6.92 Å². The van der Waals surface area contributed by atoms with Gasteiger partial charge in [-0.1, -0.05) is 52.8 Å². The minimum atomic E-state index is -0.125. The lowest BCUT2D eigenvalue weighted by Crippen LogP contribution is -2.14. The maximum absolute atomic E-state index is 12.4. The molecule has 25 heavy (non-hydrogen) atoms. The molecule has 2 rings (SSSR count). The third-order valence-corrected chi connectivity index (χ3v) is 4.49. The van der Waals surface area contributed by atoms with Crippen molar-refractivity contribution in [1.82, 2.24) is 4.98 Å². The lowest BCUT2D eigenvalue weighted by Gasteiger charge is -2.15. The summed E-state index contributed by atoms with van der Waals surface area (Å²) in [6, 6.07) is 8.03. The van der Waals surface area contributed by atoms with Gasteiger partial charge in [0, 0.05) is 23.9 Å². The molecule has 1 amide bonds. The summed E-state index contributed by atoms with van der Waals surface area (Å²) in [7, 11) is 0. The molecule has 136 valence electrons. The van der Waals surface area contributed by atoms with Crippen molar-refractivity contribution in [1.29, 1.82) is 0 Å². The molecule has 1 aromatic carbocycles. The standard InChI is InChI=1S/C21H30N2O2/c1-7-14(2)16-10-8-9-11-17(16)23-19(24)13-12-18-15(3)22-20(25-18)21(4,5)6/h8-11,14H,7,12-13H2,1-6H3,(H,23,24). The zero-order valence-corrected chi connectivity index (χ0v) is 16.3. The number of carbonyl (C=O) groups excluding carboxylic acids is 1. The Morgan fingerprint density at radius 2 is 1.96 bits per heavy atom. The first-order chi connectivity index (χ1) is 11.7. The van der Waals surface area contributed by atoms with Crippen molar-refractivity contribution in [2.24, 2.45) is 0 Å². The molecular formula is C21H30N2O2. The summed E-state index contributed by atoms with van der Waals surface area (Å²) in [6.45, 7) is 12.5. The van der Waals surface area contributed by atoms with E-state index in [2.05, 4.69) is 51.0 Å². The average Bonchev–Trinajstić information content (AvgIpc) is 2.94. The number of nitrogens with zero attached hydrogens (tertiary/aromatic N) is 1. The van der Waals surface area contributed by atoms with Gasteiger partial charge in [0.2, 0.25) is 5.91 Å². The Balaban J connectivity index is 2.02. The van der Waals surface area contributed by atoms with Crippen LogP contribution in [0.25, 0.3) is 0 Å². The van der Waals surface area contributed by atoms with Gasteiger partial charge in [0.05, 0.1) is 5.69 Å². The summed E-state index contributed by atoms with van der Waals surface area (Å²) >= 11 is 0. The number of amides is 1. The molecule has 1 atom stereocenters. The van der Waals surface area contributed by atoms with E-state index in [1.54, 1.807) is 0 Å². The summed E-state index contributed by atoms with van der Waals surface area (Å²) < 4.78 is 5.87. The van der Waals surface area contributed by atoms with E-state index in [-0.39, 0.29) is 11.3 Å². The molecule has 1 unspecified atom stereocenters. The molecule has 0 bridgehead atoms. The molecule has 0 aliphatic heterocycles. The number of nitrogens with one attached hydrogen (secondary N) is 1. The molecule has 0 radical (unpaired) electrons. The monoisotopic (exact) mass is 342 g/mol. The van der Waals surface area contributed by atoms with Gasteiger partial charge in [-0.05, 0) is 30.9 Å². The van der Waals surface area contributed by atoms with Crippen molar-refractivity contribution in [3.05, 3.63) is 47.2 Å². The minimum Gasteiger partial charge on any atom is -0.445 e. The van der Waals surface area contributed by atoms with Gasteiger partial charge < -0.3 is 9.73 Å². The lowest BCUT2D eigenvalue weighted by atomic mass is 9.97. The Morgan fingerprint density at radius 3 is 2.56 bits per heavy atom. The number of aryl methyl sites for hydroxylation is 2. The van der Waals surface area contributed by atoms with Gasteiger partial charge in [-0.25, -0.2) is 4.98 Å². The van der Waals surface area contributed by atoms with E-state index >= 15 is 0 Å². The zero-order valence-electron chi connectivity index (χ0n) is 16.3. The van der Waals surface area contributed by atoms with Crippen LogP contribution in [0.4, 0.5) is 5.69 Å². The number of rotatable bonds is 6. The quantitative estimate of drug-likeness (QED) is 0.768. The summed E-state index contributed by atoms with van der Waals surface area (Å²) in [5.41, 5.74) is 2.84. The SMILES string of the molecule is CCC(C)c1ccccc1NC(=O)CCc1oc(C(C)(C)C)nc1C. The topological polar surface area (TPSA) is 55.1 Å². The highest BCUT2D eigenvalue weighted by atomic mass is 16.4. The van der Waals surface area contributed by atoms with E-state index in [0.717, 1.165) is 29.5 Å². The van der Waals surface area contributed by atoms with E-state index in [1.165, 1.54) is 5.56 Å². The van der Waals surface area contributed by atoms with Crippen LogP contribution in [0.3, 0.4) is 0 Å². The molecule has 0 aliphatic carbocycles. The summed E-state index contributed by atoms with van der Waals surface area (Å²) in [5, 5.41) is 3.05. The largest absolute Gasteiger partial charge is 0.445 e. The maximum atomic E-state index is 12.4. The van der Waals surface area contributed by atoms with Gasteiger partial charge in [-0.15, -0.1) is 0 Å². The van der Waals surface area contributed by atoms with E-state index < -0.39 is 0 Å². The molecule has 0 saturated carbocycles. The van der Waals surface area contributed by atoms with Crippen LogP contribution in [0.1, 0.15) is 76.3 Å². The number of carbonyl (C=O) groups is 1. The van der Waals surface area contributed by atoms with Crippen LogP contribution in [-0.4, -0.2) is 10.9 Å². The number of hydrogen-bond acceptors (Lipinski definition) is 3. The number of anilines is 1. The third kappa shape index (κ3) is 4.94. The Labute approximate surface area is 151 Å². The molecule has 1 aromatic heterocycles. The molecule has 0 aliphatic rings.